The van der Waals surface area contributed by atoms with Crippen molar-refractivity contribution in [2.24, 2.45) is 5.92 Å². The van der Waals surface area contributed by atoms with Crippen molar-refractivity contribution in [3.8, 4) is 0 Å². The number of thiazole rings is 1. The summed E-state index contributed by atoms with van der Waals surface area (Å²) in [5.41, 5.74) is 1.19. The second-order valence-electron chi connectivity index (χ2n) is 5.58. The molecule has 0 aliphatic carbocycles. The highest BCUT2D eigenvalue weighted by Gasteiger charge is 2.24. The van der Waals surface area contributed by atoms with Crippen LogP contribution in [0, 0.1) is 5.92 Å². The minimum Gasteiger partial charge on any atom is -0.299 e. The smallest absolute Gasteiger partial charge is 0.143 e. The zero-order valence-electron chi connectivity index (χ0n) is 10.7. The van der Waals surface area contributed by atoms with E-state index in [2.05, 4.69) is 31.1 Å². The molecule has 1 saturated heterocycles. The minimum atomic E-state index is 0.0843. The Hall–Kier alpha value is -0.350. The van der Waals surface area contributed by atoms with Gasteiger partial charge in [-0.3, -0.25) is 4.79 Å². The van der Waals surface area contributed by atoms with Crippen molar-refractivity contribution < 1.29 is 4.79 Å². The lowest BCUT2D eigenvalue weighted by molar-refractivity contribution is -0.121. The third-order valence-electron chi connectivity index (χ3n) is 3.03. The highest BCUT2D eigenvalue weighted by atomic mass is 32.2. The van der Waals surface area contributed by atoms with Crippen molar-refractivity contribution in [2.75, 3.05) is 11.5 Å². The van der Waals surface area contributed by atoms with Gasteiger partial charge in [-0.2, -0.15) is 11.8 Å². The summed E-state index contributed by atoms with van der Waals surface area (Å²) in [4.78, 5) is 16.6. The summed E-state index contributed by atoms with van der Waals surface area (Å²) in [6, 6.07) is 0. The van der Waals surface area contributed by atoms with E-state index in [4.69, 9.17) is 0 Å². The molecule has 1 fully saturated rings. The predicted octanol–water partition coefficient (Wildman–Crippen LogP) is 3.31. The molecule has 1 aromatic rings. The maximum Gasteiger partial charge on any atom is 0.143 e. The topological polar surface area (TPSA) is 30.0 Å². The molecular formula is C13H19NOS2. The van der Waals surface area contributed by atoms with Crippen molar-refractivity contribution in [1.29, 1.82) is 0 Å². The van der Waals surface area contributed by atoms with Gasteiger partial charge in [0.15, 0.2) is 0 Å². The third kappa shape index (κ3) is 3.32. The van der Waals surface area contributed by atoms with E-state index in [0.717, 1.165) is 28.6 Å². The van der Waals surface area contributed by atoms with Crippen molar-refractivity contribution in [1.82, 2.24) is 4.98 Å². The molecule has 17 heavy (non-hydrogen) atoms. The highest BCUT2D eigenvalue weighted by molar-refractivity contribution is 7.99. The highest BCUT2D eigenvalue weighted by Crippen LogP contribution is 2.27. The number of aromatic nitrogens is 1. The zero-order chi connectivity index (χ0) is 12.5. The van der Waals surface area contributed by atoms with Crippen molar-refractivity contribution in [2.45, 2.75) is 39.0 Å². The van der Waals surface area contributed by atoms with Crippen LogP contribution < -0.4 is 0 Å². The zero-order valence-corrected chi connectivity index (χ0v) is 12.3. The van der Waals surface area contributed by atoms with Gasteiger partial charge in [-0.05, 0) is 12.2 Å². The number of ketones is 1. The van der Waals surface area contributed by atoms with Crippen molar-refractivity contribution in [3.05, 3.63) is 16.1 Å². The Labute approximate surface area is 111 Å². The van der Waals surface area contributed by atoms with Gasteiger partial charge in [0.2, 0.25) is 0 Å². The monoisotopic (exact) mass is 269 g/mol. The van der Waals surface area contributed by atoms with Crippen LogP contribution in [0.1, 0.15) is 37.9 Å². The summed E-state index contributed by atoms with van der Waals surface area (Å²) in [5.74, 6) is 2.81. The van der Waals surface area contributed by atoms with E-state index >= 15 is 0 Å². The molecular weight excluding hydrogens is 250 g/mol. The van der Waals surface area contributed by atoms with E-state index in [1.165, 1.54) is 0 Å². The number of carbonyl (C=O) groups excluding carboxylic acids is 1. The molecule has 0 bridgehead atoms. The molecule has 0 N–H and O–H groups in total. The Kier molecular flexibility index (Phi) is 3.93. The molecule has 2 heterocycles. The number of hydrogen-bond donors (Lipinski definition) is 0. The molecule has 1 aromatic heterocycles. The summed E-state index contributed by atoms with van der Waals surface area (Å²) in [5, 5.41) is 3.07. The van der Waals surface area contributed by atoms with Gasteiger partial charge in [0, 0.05) is 22.5 Å². The van der Waals surface area contributed by atoms with E-state index in [0.29, 0.717) is 12.2 Å². The first-order valence-electron chi connectivity index (χ1n) is 6.02. The van der Waals surface area contributed by atoms with Gasteiger partial charge in [0.05, 0.1) is 12.1 Å². The fraction of sp³-hybridized carbons (Fsp3) is 0.692. The first-order chi connectivity index (χ1) is 7.97. The van der Waals surface area contributed by atoms with Crippen LogP contribution in [-0.2, 0) is 16.6 Å². The molecule has 2 rings (SSSR count). The molecule has 0 aromatic carbocycles. The van der Waals surface area contributed by atoms with Gasteiger partial charge in [-0.15, -0.1) is 11.3 Å². The molecule has 1 aliphatic heterocycles. The van der Waals surface area contributed by atoms with Crippen LogP contribution in [0.4, 0.5) is 0 Å². The summed E-state index contributed by atoms with van der Waals surface area (Å²) < 4.78 is 0. The van der Waals surface area contributed by atoms with E-state index < -0.39 is 0 Å². The number of thioether (sulfide) groups is 1. The molecule has 1 atom stereocenters. The van der Waals surface area contributed by atoms with Crippen LogP contribution in [-0.4, -0.2) is 22.3 Å². The van der Waals surface area contributed by atoms with Gasteiger partial charge in [0.25, 0.3) is 0 Å². The Morgan fingerprint density at radius 2 is 2.29 bits per heavy atom. The van der Waals surface area contributed by atoms with E-state index in [-0.39, 0.29) is 11.3 Å². The first kappa shape index (κ1) is 13.1. The molecule has 1 unspecified atom stereocenters. The van der Waals surface area contributed by atoms with E-state index in [1.807, 2.05) is 11.8 Å². The fourth-order valence-corrected chi connectivity index (χ4v) is 4.10. The number of hydrogen-bond acceptors (Lipinski definition) is 4. The van der Waals surface area contributed by atoms with Gasteiger partial charge in [-0.1, -0.05) is 20.8 Å². The Bertz CT molecular complexity index is 400. The summed E-state index contributed by atoms with van der Waals surface area (Å²) in [7, 11) is 0. The molecule has 0 spiro atoms. The number of nitrogens with zero attached hydrogens (tertiary/aromatic N) is 1. The van der Waals surface area contributed by atoms with Crippen LogP contribution in [0.15, 0.2) is 5.38 Å². The lowest BCUT2D eigenvalue weighted by Crippen LogP contribution is -2.16. The Morgan fingerprint density at radius 1 is 1.53 bits per heavy atom. The average molecular weight is 269 g/mol. The van der Waals surface area contributed by atoms with E-state index in [1.54, 1.807) is 11.3 Å². The maximum atomic E-state index is 12.0. The third-order valence-corrected chi connectivity index (χ3v) is 5.04. The molecule has 0 radical (unpaired) electrons. The summed E-state index contributed by atoms with van der Waals surface area (Å²) in [6.07, 6.45) is 1.59. The summed E-state index contributed by atoms with van der Waals surface area (Å²) >= 11 is 3.52. The Balaban J connectivity index is 1.99. The van der Waals surface area contributed by atoms with Crippen molar-refractivity contribution in [3.63, 3.8) is 0 Å². The predicted molar refractivity (Wildman–Crippen MR) is 75.0 cm³/mol. The molecule has 2 nitrogen and oxygen atoms in total. The molecule has 4 heteroatoms. The second kappa shape index (κ2) is 5.11. The first-order valence-corrected chi connectivity index (χ1v) is 8.05. The number of carbonyl (C=O) groups is 1. The van der Waals surface area contributed by atoms with Gasteiger partial charge < -0.3 is 0 Å². The lowest BCUT2D eigenvalue weighted by atomic mass is 9.93. The van der Waals surface area contributed by atoms with Crippen LogP contribution >= 0.6 is 23.1 Å². The quantitative estimate of drug-likeness (QED) is 0.843. The minimum absolute atomic E-state index is 0.0843. The van der Waals surface area contributed by atoms with Crippen LogP contribution in [0.25, 0.3) is 0 Å². The summed E-state index contributed by atoms with van der Waals surface area (Å²) in [6.45, 7) is 6.46. The standard InChI is InChI=1S/C13H19NOS2/c1-13(2,3)11-8-17-12(14-11)6-10(15)9-4-5-16-7-9/h8-9H,4-7H2,1-3H3. The number of rotatable bonds is 3. The average Bonchev–Trinajstić information content (AvgIpc) is 2.85. The van der Waals surface area contributed by atoms with Crippen LogP contribution in [0.3, 0.4) is 0 Å². The van der Waals surface area contributed by atoms with Gasteiger partial charge >= 0.3 is 0 Å². The van der Waals surface area contributed by atoms with Gasteiger partial charge in [-0.25, -0.2) is 4.98 Å². The fourth-order valence-electron chi connectivity index (χ4n) is 1.82. The van der Waals surface area contributed by atoms with Crippen molar-refractivity contribution >= 4 is 28.9 Å². The van der Waals surface area contributed by atoms with Crippen LogP contribution in [0.5, 0.6) is 0 Å². The normalized spacial score (nSPS) is 20.8. The lowest BCUT2D eigenvalue weighted by Gasteiger charge is -2.14. The largest absolute Gasteiger partial charge is 0.299 e. The SMILES string of the molecule is CC(C)(C)c1csc(CC(=O)C2CCSC2)n1. The number of Topliss-reactive ketones (excluding diaryl/α,β-unsaturated/α-hetero) is 1. The second-order valence-corrected chi connectivity index (χ2v) is 7.67. The maximum absolute atomic E-state index is 12.0. The van der Waals surface area contributed by atoms with E-state index in [9.17, 15) is 4.79 Å². The Morgan fingerprint density at radius 3 is 2.82 bits per heavy atom. The van der Waals surface area contributed by atoms with Gasteiger partial charge in [0.1, 0.15) is 10.8 Å². The molecule has 1 aliphatic rings. The molecule has 0 saturated carbocycles. The molecule has 94 valence electrons. The van der Waals surface area contributed by atoms with Crippen LogP contribution in [0.2, 0.25) is 0 Å². The molecule has 0 amide bonds.